The van der Waals surface area contributed by atoms with Crippen molar-refractivity contribution >= 4 is 5.69 Å². The van der Waals surface area contributed by atoms with Crippen LogP contribution >= 0.6 is 0 Å². The quantitative estimate of drug-likeness (QED) is 0.704. The Morgan fingerprint density at radius 3 is 2.41 bits per heavy atom. The fourth-order valence-electron chi connectivity index (χ4n) is 1.88. The Morgan fingerprint density at radius 1 is 1.18 bits per heavy atom. The maximum Gasteiger partial charge on any atom is 0.0479 e. The van der Waals surface area contributed by atoms with E-state index in [0.29, 0.717) is 6.54 Å². The number of anilines is 1. The van der Waals surface area contributed by atoms with Crippen LogP contribution in [0.25, 0.3) is 0 Å². The van der Waals surface area contributed by atoms with E-state index in [2.05, 4.69) is 36.1 Å². The van der Waals surface area contributed by atoms with Crippen molar-refractivity contribution in [3.05, 3.63) is 29.8 Å². The SMILES string of the molecule is CCCN(CCCOC)c1ccc(CN)cc1. The number of nitrogens with two attached hydrogens (primary N) is 1. The molecule has 0 saturated heterocycles. The molecule has 1 aromatic rings. The summed E-state index contributed by atoms with van der Waals surface area (Å²) < 4.78 is 5.10. The van der Waals surface area contributed by atoms with E-state index in [4.69, 9.17) is 10.5 Å². The summed E-state index contributed by atoms with van der Waals surface area (Å²) in [6.07, 6.45) is 2.22. The van der Waals surface area contributed by atoms with Crippen molar-refractivity contribution in [3.8, 4) is 0 Å². The van der Waals surface area contributed by atoms with Crippen LogP contribution in [0.1, 0.15) is 25.3 Å². The van der Waals surface area contributed by atoms with Gasteiger partial charge in [0.1, 0.15) is 0 Å². The Labute approximate surface area is 105 Å². The topological polar surface area (TPSA) is 38.5 Å². The lowest BCUT2D eigenvalue weighted by Crippen LogP contribution is -2.26. The highest BCUT2D eigenvalue weighted by atomic mass is 16.5. The van der Waals surface area contributed by atoms with E-state index in [1.165, 1.54) is 11.3 Å². The largest absolute Gasteiger partial charge is 0.385 e. The second-order valence-electron chi connectivity index (χ2n) is 4.20. The average molecular weight is 236 g/mol. The van der Waals surface area contributed by atoms with Gasteiger partial charge in [-0.25, -0.2) is 0 Å². The fourth-order valence-corrected chi connectivity index (χ4v) is 1.88. The number of nitrogens with zero attached hydrogens (tertiary/aromatic N) is 1. The van der Waals surface area contributed by atoms with E-state index in [1.54, 1.807) is 7.11 Å². The highest BCUT2D eigenvalue weighted by Gasteiger charge is 2.04. The van der Waals surface area contributed by atoms with Crippen molar-refractivity contribution in [2.45, 2.75) is 26.3 Å². The number of ether oxygens (including phenoxy) is 1. The molecule has 0 heterocycles. The molecule has 96 valence electrons. The van der Waals surface area contributed by atoms with Crippen molar-refractivity contribution in [1.29, 1.82) is 0 Å². The van der Waals surface area contributed by atoms with Crippen LogP contribution in [0.15, 0.2) is 24.3 Å². The zero-order valence-electron chi connectivity index (χ0n) is 11.0. The second-order valence-corrected chi connectivity index (χ2v) is 4.20. The fraction of sp³-hybridized carbons (Fsp3) is 0.571. The Bertz CT molecular complexity index is 298. The number of hydrogen-bond donors (Lipinski definition) is 1. The van der Waals surface area contributed by atoms with Gasteiger partial charge in [-0.2, -0.15) is 0 Å². The third-order valence-electron chi connectivity index (χ3n) is 2.81. The molecule has 0 spiro atoms. The summed E-state index contributed by atoms with van der Waals surface area (Å²) in [4.78, 5) is 2.40. The van der Waals surface area contributed by atoms with Crippen LogP contribution in [-0.2, 0) is 11.3 Å². The van der Waals surface area contributed by atoms with E-state index in [0.717, 1.165) is 32.5 Å². The van der Waals surface area contributed by atoms with Gasteiger partial charge in [0.25, 0.3) is 0 Å². The van der Waals surface area contributed by atoms with Crippen molar-refractivity contribution in [1.82, 2.24) is 0 Å². The molecule has 2 N–H and O–H groups in total. The Hall–Kier alpha value is -1.06. The van der Waals surface area contributed by atoms with Crippen LogP contribution < -0.4 is 10.6 Å². The monoisotopic (exact) mass is 236 g/mol. The maximum absolute atomic E-state index is 5.60. The second kappa shape index (κ2) is 8.09. The molecule has 17 heavy (non-hydrogen) atoms. The van der Waals surface area contributed by atoms with Gasteiger partial charge < -0.3 is 15.4 Å². The molecule has 0 saturated carbocycles. The van der Waals surface area contributed by atoms with Crippen molar-refractivity contribution in [2.24, 2.45) is 5.73 Å². The molecular weight excluding hydrogens is 212 g/mol. The van der Waals surface area contributed by atoms with Crippen molar-refractivity contribution in [2.75, 3.05) is 31.7 Å². The van der Waals surface area contributed by atoms with Crippen LogP contribution in [0.3, 0.4) is 0 Å². The lowest BCUT2D eigenvalue weighted by Gasteiger charge is -2.24. The summed E-state index contributed by atoms with van der Waals surface area (Å²) >= 11 is 0. The summed E-state index contributed by atoms with van der Waals surface area (Å²) in [5.74, 6) is 0. The minimum atomic E-state index is 0.609. The van der Waals surface area contributed by atoms with Gasteiger partial charge in [0.15, 0.2) is 0 Å². The van der Waals surface area contributed by atoms with Gasteiger partial charge in [0.2, 0.25) is 0 Å². The molecule has 1 aromatic carbocycles. The molecule has 1 rings (SSSR count). The number of hydrogen-bond acceptors (Lipinski definition) is 3. The molecule has 0 amide bonds. The Kier molecular flexibility index (Phi) is 6.67. The lowest BCUT2D eigenvalue weighted by atomic mass is 10.2. The molecule has 0 atom stereocenters. The summed E-state index contributed by atoms with van der Waals surface area (Å²) in [5.41, 5.74) is 8.06. The van der Waals surface area contributed by atoms with E-state index in [1.807, 2.05) is 0 Å². The Balaban J connectivity index is 2.60. The first-order valence-electron chi connectivity index (χ1n) is 6.34. The third-order valence-corrected chi connectivity index (χ3v) is 2.81. The van der Waals surface area contributed by atoms with Gasteiger partial charge in [-0.15, -0.1) is 0 Å². The smallest absolute Gasteiger partial charge is 0.0479 e. The van der Waals surface area contributed by atoms with E-state index < -0.39 is 0 Å². The van der Waals surface area contributed by atoms with Crippen LogP contribution in [0.5, 0.6) is 0 Å². The van der Waals surface area contributed by atoms with Gasteiger partial charge >= 0.3 is 0 Å². The molecular formula is C14H24N2O. The predicted octanol–water partition coefficient (Wildman–Crippen LogP) is 2.40. The van der Waals surface area contributed by atoms with Crippen molar-refractivity contribution < 1.29 is 4.74 Å². The van der Waals surface area contributed by atoms with Gasteiger partial charge in [-0.05, 0) is 30.5 Å². The zero-order valence-corrected chi connectivity index (χ0v) is 11.0. The van der Waals surface area contributed by atoms with Gasteiger partial charge in [0.05, 0.1) is 0 Å². The molecule has 3 nitrogen and oxygen atoms in total. The lowest BCUT2D eigenvalue weighted by molar-refractivity contribution is 0.196. The van der Waals surface area contributed by atoms with E-state index in [9.17, 15) is 0 Å². The van der Waals surface area contributed by atoms with Gasteiger partial charge in [-0.3, -0.25) is 0 Å². The highest BCUT2D eigenvalue weighted by molar-refractivity contribution is 5.47. The zero-order chi connectivity index (χ0) is 12.5. The molecule has 0 bridgehead atoms. The standard InChI is InChI=1S/C14H24N2O/c1-3-9-16(10-4-11-17-2)14-7-5-13(12-15)6-8-14/h5-8H,3-4,9-12,15H2,1-2H3. The van der Waals surface area contributed by atoms with Crippen LogP contribution in [0, 0.1) is 0 Å². The van der Waals surface area contributed by atoms with Gasteiger partial charge in [0, 0.05) is 39.0 Å². The van der Waals surface area contributed by atoms with Gasteiger partial charge in [-0.1, -0.05) is 19.1 Å². The number of rotatable bonds is 8. The number of methoxy groups -OCH3 is 1. The predicted molar refractivity (Wildman–Crippen MR) is 73.3 cm³/mol. The Morgan fingerprint density at radius 2 is 1.88 bits per heavy atom. The molecule has 0 aromatic heterocycles. The summed E-state index contributed by atoms with van der Waals surface area (Å²) in [6, 6.07) is 8.53. The molecule has 0 aliphatic heterocycles. The summed E-state index contributed by atoms with van der Waals surface area (Å²) in [6.45, 7) is 5.77. The first kappa shape index (κ1) is 14.0. The van der Waals surface area contributed by atoms with E-state index >= 15 is 0 Å². The highest BCUT2D eigenvalue weighted by Crippen LogP contribution is 2.16. The van der Waals surface area contributed by atoms with Crippen LogP contribution in [-0.4, -0.2) is 26.8 Å². The molecule has 3 heteroatoms. The summed E-state index contributed by atoms with van der Waals surface area (Å²) in [5, 5.41) is 0. The molecule has 0 fully saturated rings. The van der Waals surface area contributed by atoms with E-state index in [-0.39, 0.29) is 0 Å². The first-order chi connectivity index (χ1) is 8.31. The summed E-state index contributed by atoms with van der Waals surface area (Å²) in [7, 11) is 1.75. The minimum Gasteiger partial charge on any atom is -0.385 e. The molecule has 0 radical (unpaired) electrons. The normalized spacial score (nSPS) is 10.5. The molecule has 0 aliphatic rings. The first-order valence-corrected chi connectivity index (χ1v) is 6.34. The average Bonchev–Trinajstić information content (AvgIpc) is 2.38. The minimum absolute atomic E-state index is 0.609. The number of benzene rings is 1. The molecule has 0 unspecified atom stereocenters. The molecule has 0 aliphatic carbocycles. The third kappa shape index (κ3) is 4.75. The van der Waals surface area contributed by atoms with Crippen LogP contribution in [0.2, 0.25) is 0 Å². The maximum atomic E-state index is 5.60. The van der Waals surface area contributed by atoms with Crippen LogP contribution in [0.4, 0.5) is 5.69 Å². The van der Waals surface area contributed by atoms with Crippen molar-refractivity contribution in [3.63, 3.8) is 0 Å².